The lowest BCUT2D eigenvalue weighted by molar-refractivity contribution is 0.646. The molecule has 3 aromatic carbocycles. The van der Waals surface area contributed by atoms with Gasteiger partial charge in [0.15, 0.2) is 0 Å². The lowest BCUT2D eigenvalue weighted by atomic mass is 9.97. The lowest BCUT2D eigenvalue weighted by Gasteiger charge is -2.13. The molecule has 22 heavy (non-hydrogen) atoms. The first-order chi connectivity index (χ1) is 10.6. The Morgan fingerprint density at radius 3 is 2.45 bits per heavy atom. The molecule has 1 fully saturated rings. The molecule has 0 aromatic heterocycles. The van der Waals surface area contributed by atoms with E-state index in [-0.39, 0.29) is 5.54 Å². The van der Waals surface area contributed by atoms with E-state index in [4.69, 9.17) is 5.73 Å². The highest BCUT2D eigenvalue weighted by Crippen LogP contribution is 2.51. The minimum atomic E-state index is -0.0870. The first-order valence-corrected chi connectivity index (χ1v) is 8.45. The first kappa shape index (κ1) is 14.0. The number of hydrogen-bond acceptors (Lipinski definition) is 1. The molecule has 1 aliphatic carbocycles. The smallest absolute Gasteiger partial charge is 0.0271 e. The average molecular weight is 352 g/mol. The van der Waals surface area contributed by atoms with Gasteiger partial charge in [0.1, 0.15) is 0 Å². The summed E-state index contributed by atoms with van der Waals surface area (Å²) in [5.41, 5.74) is 9.23. The van der Waals surface area contributed by atoms with E-state index in [1.807, 2.05) is 0 Å². The summed E-state index contributed by atoms with van der Waals surface area (Å²) in [4.78, 5) is 0. The largest absolute Gasteiger partial charge is 0.324 e. The summed E-state index contributed by atoms with van der Waals surface area (Å²) in [5, 5.41) is 2.59. The van der Waals surface area contributed by atoms with E-state index in [9.17, 15) is 0 Å². The molecule has 0 aliphatic heterocycles. The molecule has 0 bridgehead atoms. The van der Waals surface area contributed by atoms with Crippen LogP contribution in [0.3, 0.4) is 0 Å². The maximum atomic E-state index is 6.63. The van der Waals surface area contributed by atoms with Crippen LogP contribution in [-0.2, 0) is 6.42 Å². The van der Waals surface area contributed by atoms with Crippen LogP contribution in [0, 0.1) is 0 Å². The number of rotatable bonds is 3. The molecule has 0 saturated heterocycles. The zero-order valence-electron chi connectivity index (χ0n) is 12.3. The fourth-order valence-corrected chi connectivity index (χ4v) is 3.65. The Morgan fingerprint density at radius 1 is 0.955 bits per heavy atom. The topological polar surface area (TPSA) is 26.0 Å². The third-order valence-corrected chi connectivity index (χ3v) is 5.27. The van der Waals surface area contributed by atoms with Crippen molar-refractivity contribution < 1.29 is 0 Å². The molecular formula is C20H18BrN. The van der Waals surface area contributed by atoms with Crippen molar-refractivity contribution >= 4 is 26.7 Å². The Morgan fingerprint density at radius 2 is 1.68 bits per heavy atom. The summed E-state index contributed by atoms with van der Waals surface area (Å²) < 4.78 is 1.12. The van der Waals surface area contributed by atoms with Crippen LogP contribution < -0.4 is 5.73 Å². The fraction of sp³-hybridized carbons (Fsp3) is 0.200. The number of fused-ring (bicyclic) bond motifs is 1. The summed E-state index contributed by atoms with van der Waals surface area (Å²) in [6, 6.07) is 23.8. The van der Waals surface area contributed by atoms with Gasteiger partial charge in [-0.3, -0.25) is 0 Å². The monoisotopic (exact) mass is 351 g/mol. The van der Waals surface area contributed by atoms with E-state index in [0.717, 1.165) is 17.3 Å². The van der Waals surface area contributed by atoms with E-state index in [1.54, 1.807) is 0 Å². The van der Waals surface area contributed by atoms with Crippen molar-refractivity contribution in [3.63, 3.8) is 0 Å². The van der Waals surface area contributed by atoms with Crippen LogP contribution in [0.1, 0.15) is 23.5 Å². The summed E-state index contributed by atoms with van der Waals surface area (Å²) in [7, 11) is 0. The average Bonchev–Trinajstić information content (AvgIpc) is 3.19. The molecule has 0 unspecified atom stereocenters. The number of benzene rings is 3. The van der Waals surface area contributed by atoms with Crippen molar-refractivity contribution in [1.29, 1.82) is 0 Å². The summed E-state index contributed by atoms with van der Waals surface area (Å²) >= 11 is 3.49. The van der Waals surface area contributed by atoms with Gasteiger partial charge in [-0.2, -0.15) is 0 Å². The van der Waals surface area contributed by atoms with Gasteiger partial charge < -0.3 is 5.73 Å². The Balaban J connectivity index is 1.56. The normalized spacial score (nSPS) is 23.6. The van der Waals surface area contributed by atoms with Gasteiger partial charge in [-0.05, 0) is 46.9 Å². The molecule has 2 heteroatoms. The van der Waals surface area contributed by atoms with Crippen molar-refractivity contribution in [3.8, 4) is 0 Å². The van der Waals surface area contributed by atoms with Gasteiger partial charge >= 0.3 is 0 Å². The zero-order chi connectivity index (χ0) is 15.2. The predicted octanol–water partition coefficient (Wildman–Crippen LogP) is 5.03. The van der Waals surface area contributed by atoms with Crippen LogP contribution in [-0.4, -0.2) is 5.54 Å². The standard InChI is InChI=1S/C20H18BrN/c21-18-9-7-16(8-10-18)19-13-20(19,22)12-14-5-6-15-3-1-2-4-17(15)11-14/h1-11,19H,12-13,22H2/t19-,20+/m0/s1. The molecule has 3 aromatic rings. The van der Waals surface area contributed by atoms with Crippen molar-refractivity contribution in [3.05, 3.63) is 82.3 Å². The van der Waals surface area contributed by atoms with Gasteiger partial charge in [0, 0.05) is 15.9 Å². The molecular weight excluding hydrogens is 334 g/mol. The summed E-state index contributed by atoms with van der Waals surface area (Å²) in [6.45, 7) is 0. The quantitative estimate of drug-likeness (QED) is 0.703. The fourth-order valence-electron chi connectivity index (χ4n) is 3.39. The predicted molar refractivity (Wildman–Crippen MR) is 96.1 cm³/mol. The second-order valence-corrected chi connectivity index (χ2v) is 7.32. The highest BCUT2D eigenvalue weighted by atomic mass is 79.9. The van der Waals surface area contributed by atoms with Gasteiger partial charge in [0.05, 0.1) is 0 Å². The molecule has 0 amide bonds. The van der Waals surface area contributed by atoms with Crippen LogP contribution >= 0.6 is 15.9 Å². The molecule has 0 heterocycles. The highest BCUT2D eigenvalue weighted by Gasteiger charge is 2.51. The maximum Gasteiger partial charge on any atom is 0.0271 e. The molecule has 0 spiro atoms. The Kier molecular flexibility index (Phi) is 3.32. The Hall–Kier alpha value is -1.64. The number of halogens is 1. The van der Waals surface area contributed by atoms with Crippen LogP contribution in [0.5, 0.6) is 0 Å². The van der Waals surface area contributed by atoms with Gasteiger partial charge in [-0.25, -0.2) is 0 Å². The van der Waals surface area contributed by atoms with Crippen molar-refractivity contribution in [2.45, 2.75) is 24.3 Å². The van der Waals surface area contributed by atoms with E-state index < -0.39 is 0 Å². The van der Waals surface area contributed by atoms with Crippen molar-refractivity contribution in [2.24, 2.45) is 5.73 Å². The zero-order valence-corrected chi connectivity index (χ0v) is 13.9. The Labute approximate surface area is 139 Å². The summed E-state index contributed by atoms with van der Waals surface area (Å²) in [6.07, 6.45) is 2.01. The number of nitrogens with two attached hydrogens (primary N) is 1. The first-order valence-electron chi connectivity index (χ1n) is 7.66. The lowest BCUT2D eigenvalue weighted by Crippen LogP contribution is -2.27. The highest BCUT2D eigenvalue weighted by molar-refractivity contribution is 9.10. The molecule has 1 aliphatic rings. The SMILES string of the molecule is N[C@]1(Cc2ccc3ccccc3c2)C[C@H]1c1ccc(Br)cc1. The van der Waals surface area contributed by atoms with E-state index >= 15 is 0 Å². The molecule has 4 rings (SSSR count). The maximum absolute atomic E-state index is 6.63. The second-order valence-electron chi connectivity index (χ2n) is 6.40. The molecule has 1 nitrogen and oxygen atoms in total. The second kappa shape index (κ2) is 5.22. The van der Waals surface area contributed by atoms with E-state index in [1.165, 1.54) is 21.9 Å². The third kappa shape index (κ3) is 2.57. The molecule has 110 valence electrons. The van der Waals surface area contributed by atoms with Crippen LogP contribution in [0.25, 0.3) is 10.8 Å². The number of hydrogen-bond donors (Lipinski definition) is 1. The van der Waals surface area contributed by atoms with Crippen LogP contribution in [0.2, 0.25) is 0 Å². The van der Waals surface area contributed by atoms with E-state index in [0.29, 0.717) is 5.92 Å². The van der Waals surface area contributed by atoms with Gasteiger partial charge in [-0.15, -0.1) is 0 Å². The van der Waals surface area contributed by atoms with Gasteiger partial charge in [0.2, 0.25) is 0 Å². The molecule has 2 N–H and O–H groups in total. The summed E-state index contributed by atoms with van der Waals surface area (Å²) in [5.74, 6) is 0.479. The van der Waals surface area contributed by atoms with Gasteiger partial charge in [0.25, 0.3) is 0 Å². The Bertz CT molecular complexity index is 824. The van der Waals surface area contributed by atoms with Crippen molar-refractivity contribution in [2.75, 3.05) is 0 Å². The van der Waals surface area contributed by atoms with E-state index in [2.05, 4.69) is 82.7 Å². The minimum absolute atomic E-state index is 0.0870. The minimum Gasteiger partial charge on any atom is -0.324 e. The third-order valence-electron chi connectivity index (χ3n) is 4.74. The van der Waals surface area contributed by atoms with Crippen LogP contribution in [0.4, 0.5) is 0 Å². The van der Waals surface area contributed by atoms with Crippen molar-refractivity contribution in [1.82, 2.24) is 0 Å². The molecule has 0 radical (unpaired) electrons. The van der Waals surface area contributed by atoms with Crippen LogP contribution in [0.15, 0.2) is 71.2 Å². The van der Waals surface area contributed by atoms with Gasteiger partial charge in [-0.1, -0.05) is 70.5 Å². The molecule has 1 saturated carbocycles. The molecule has 2 atom stereocenters.